The molecule has 0 bridgehead atoms. The van der Waals surface area contributed by atoms with Crippen LogP contribution in [0.2, 0.25) is 0 Å². The van der Waals surface area contributed by atoms with Crippen molar-refractivity contribution in [2.45, 2.75) is 44.6 Å². The van der Waals surface area contributed by atoms with E-state index in [9.17, 15) is 14.4 Å². The normalized spacial score (nSPS) is 19.1. The molecule has 1 aliphatic heterocycles. The van der Waals surface area contributed by atoms with Gasteiger partial charge >= 0.3 is 0 Å². The van der Waals surface area contributed by atoms with E-state index in [2.05, 4.69) is 10.6 Å². The first-order valence-electron chi connectivity index (χ1n) is 10.5. The molecule has 3 amide bonds. The van der Waals surface area contributed by atoms with Crippen molar-refractivity contribution in [1.29, 1.82) is 0 Å². The Balaban J connectivity index is 1.60. The molecule has 1 aromatic heterocycles. The zero-order valence-electron chi connectivity index (χ0n) is 17.0. The van der Waals surface area contributed by atoms with E-state index >= 15 is 0 Å². The average molecular weight is 405 g/mol. The van der Waals surface area contributed by atoms with E-state index in [-0.39, 0.29) is 29.6 Å². The van der Waals surface area contributed by atoms with E-state index in [1.54, 1.807) is 24.1 Å². The number of carbonyl (C=O) groups excluding carboxylic acids is 3. The maximum absolute atomic E-state index is 12.8. The lowest BCUT2D eigenvalue weighted by atomic mass is 9.88. The molecule has 160 valence electrons. The minimum atomic E-state index is -0.583. The highest BCUT2D eigenvalue weighted by molar-refractivity contribution is 5.91. The molecule has 3 rings (SSSR count). The standard InChI is InChI=1S/C21H31N3O5/c1-28-14-10-22-20(26)18(23-19(25)16-5-2-3-6-16)15-8-11-24(12-9-15)21(27)17-7-4-13-29-17/h4,7,13,15-16,18H,2-3,5-6,8-12,14H2,1H3,(H,22,26)(H,23,25). The third kappa shape index (κ3) is 5.59. The summed E-state index contributed by atoms with van der Waals surface area (Å²) in [5, 5.41) is 5.87. The maximum atomic E-state index is 12.8. The first-order valence-corrected chi connectivity index (χ1v) is 10.5. The number of carbonyl (C=O) groups is 3. The molecule has 0 spiro atoms. The summed E-state index contributed by atoms with van der Waals surface area (Å²) in [6.07, 6.45) is 6.70. The Labute approximate surface area is 171 Å². The fraction of sp³-hybridized carbons (Fsp3) is 0.667. The van der Waals surface area contributed by atoms with Crippen LogP contribution in [0.3, 0.4) is 0 Å². The van der Waals surface area contributed by atoms with Gasteiger partial charge in [-0.05, 0) is 43.7 Å². The van der Waals surface area contributed by atoms with Crippen LogP contribution in [0.5, 0.6) is 0 Å². The molecular formula is C21H31N3O5. The molecule has 1 aliphatic carbocycles. The Morgan fingerprint density at radius 1 is 1.21 bits per heavy atom. The minimum absolute atomic E-state index is 0.00453. The quantitative estimate of drug-likeness (QED) is 0.640. The van der Waals surface area contributed by atoms with Crippen LogP contribution in [0.1, 0.15) is 49.1 Å². The largest absolute Gasteiger partial charge is 0.459 e. The third-order valence-corrected chi connectivity index (χ3v) is 5.94. The molecule has 1 atom stereocenters. The molecule has 1 unspecified atom stereocenters. The minimum Gasteiger partial charge on any atom is -0.459 e. The lowest BCUT2D eigenvalue weighted by Gasteiger charge is -2.35. The van der Waals surface area contributed by atoms with Gasteiger partial charge in [-0.3, -0.25) is 14.4 Å². The molecule has 1 saturated carbocycles. The molecule has 2 aliphatic rings. The van der Waals surface area contributed by atoms with Crippen LogP contribution < -0.4 is 10.6 Å². The Morgan fingerprint density at radius 3 is 2.55 bits per heavy atom. The molecule has 8 nitrogen and oxygen atoms in total. The molecule has 0 aromatic carbocycles. The Bertz CT molecular complexity index is 676. The fourth-order valence-corrected chi connectivity index (χ4v) is 4.23. The van der Waals surface area contributed by atoms with Crippen LogP contribution in [0.15, 0.2) is 22.8 Å². The van der Waals surface area contributed by atoms with Crippen LogP contribution in [0.25, 0.3) is 0 Å². The van der Waals surface area contributed by atoms with Crippen molar-refractivity contribution in [3.63, 3.8) is 0 Å². The van der Waals surface area contributed by atoms with Crippen molar-refractivity contribution in [3.05, 3.63) is 24.2 Å². The smallest absolute Gasteiger partial charge is 0.289 e. The first kappa shape index (κ1) is 21.4. The van der Waals surface area contributed by atoms with Crippen molar-refractivity contribution >= 4 is 17.7 Å². The molecular weight excluding hydrogens is 374 g/mol. The van der Waals surface area contributed by atoms with E-state index < -0.39 is 6.04 Å². The van der Waals surface area contributed by atoms with Gasteiger partial charge in [0.1, 0.15) is 6.04 Å². The van der Waals surface area contributed by atoms with Crippen LogP contribution in [0, 0.1) is 11.8 Å². The van der Waals surface area contributed by atoms with Crippen LogP contribution in [-0.4, -0.2) is 62.0 Å². The summed E-state index contributed by atoms with van der Waals surface area (Å²) < 4.78 is 10.2. The number of methoxy groups -OCH3 is 1. The summed E-state index contributed by atoms with van der Waals surface area (Å²) >= 11 is 0. The van der Waals surface area contributed by atoms with Crippen molar-refractivity contribution in [2.24, 2.45) is 11.8 Å². The van der Waals surface area contributed by atoms with Gasteiger partial charge < -0.3 is 24.7 Å². The number of hydrogen-bond donors (Lipinski definition) is 2. The lowest BCUT2D eigenvalue weighted by Crippen LogP contribution is -2.55. The number of piperidine rings is 1. The van der Waals surface area contributed by atoms with E-state index in [4.69, 9.17) is 9.15 Å². The summed E-state index contributed by atoms with van der Waals surface area (Å²) in [6, 6.07) is 2.77. The number of amides is 3. The molecule has 0 radical (unpaired) electrons. The van der Waals surface area contributed by atoms with Crippen molar-refractivity contribution in [2.75, 3.05) is 33.4 Å². The van der Waals surface area contributed by atoms with Gasteiger partial charge in [0, 0.05) is 32.7 Å². The molecule has 29 heavy (non-hydrogen) atoms. The van der Waals surface area contributed by atoms with Gasteiger partial charge in [0.25, 0.3) is 5.91 Å². The van der Waals surface area contributed by atoms with Gasteiger partial charge in [-0.25, -0.2) is 0 Å². The predicted molar refractivity (Wildman–Crippen MR) is 106 cm³/mol. The van der Waals surface area contributed by atoms with Gasteiger partial charge in [0.2, 0.25) is 11.8 Å². The number of furan rings is 1. The van der Waals surface area contributed by atoms with E-state index in [1.165, 1.54) is 6.26 Å². The van der Waals surface area contributed by atoms with E-state index in [0.717, 1.165) is 25.7 Å². The molecule has 2 heterocycles. The van der Waals surface area contributed by atoms with Crippen molar-refractivity contribution in [3.8, 4) is 0 Å². The van der Waals surface area contributed by atoms with Gasteiger partial charge in [-0.1, -0.05) is 12.8 Å². The second-order valence-corrected chi connectivity index (χ2v) is 7.86. The molecule has 1 aromatic rings. The number of likely N-dealkylation sites (tertiary alicyclic amines) is 1. The molecule has 1 saturated heterocycles. The topological polar surface area (TPSA) is 101 Å². The highest BCUT2D eigenvalue weighted by atomic mass is 16.5. The van der Waals surface area contributed by atoms with Crippen molar-refractivity contribution in [1.82, 2.24) is 15.5 Å². The zero-order valence-corrected chi connectivity index (χ0v) is 17.0. The highest BCUT2D eigenvalue weighted by Crippen LogP contribution is 2.27. The van der Waals surface area contributed by atoms with Crippen LogP contribution >= 0.6 is 0 Å². The van der Waals surface area contributed by atoms with E-state index in [0.29, 0.717) is 44.8 Å². The lowest BCUT2D eigenvalue weighted by molar-refractivity contribution is -0.132. The molecule has 2 N–H and O–H groups in total. The van der Waals surface area contributed by atoms with Gasteiger partial charge in [-0.15, -0.1) is 0 Å². The zero-order chi connectivity index (χ0) is 20.6. The summed E-state index contributed by atoms with van der Waals surface area (Å²) in [5.74, 6) is -0.0162. The first-order chi connectivity index (χ1) is 14.1. The number of nitrogens with zero attached hydrogens (tertiary/aromatic N) is 1. The van der Waals surface area contributed by atoms with Crippen molar-refractivity contribution < 1.29 is 23.5 Å². The van der Waals surface area contributed by atoms with E-state index in [1.807, 2.05) is 0 Å². The Kier molecular flexibility index (Phi) is 7.69. The number of ether oxygens (including phenoxy) is 1. The van der Waals surface area contributed by atoms with Crippen LogP contribution in [0.4, 0.5) is 0 Å². The fourth-order valence-electron chi connectivity index (χ4n) is 4.23. The second kappa shape index (κ2) is 10.4. The second-order valence-electron chi connectivity index (χ2n) is 7.86. The summed E-state index contributed by atoms with van der Waals surface area (Å²) in [5.41, 5.74) is 0. The molecule has 8 heteroatoms. The monoisotopic (exact) mass is 405 g/mol. The van der Waals surface area contributed by atoms with Gasteiger partial charge in [0.15, 0.2) is 5.76 Å². The summed E-state index contributed by atoms with van der Waals surface area (Å²) in [6.45, 7) is 1.89. The summed E-state index contributed by atoms with van der Waals surface area (Å²) in [7, 11) is 1.58. The number of nitrogens with one attached hydrogen (secondary N) is 2. The highest BCUT2D eigenvalue weighted by Gasteiger charge is 2.35. The maximum Gasteiger partial charge on any atom is 0.289 e. The Morgan fingerprint density at radius 2 is 1.93 bits per heavy atom. The third-order valence-electron chi connectivity index (χ3n) is 5.94. The molecule has 2 fully saturated rings. The van der Waals surface area contributed by atoms with Crippen LogP contribution in [-0.2, 0) is 14.3 Å². The average Bonchev–Trinajstić information content (AvgIpc) is 3.46. The SMILES string of the molecule is COCCNC(=O)C(NC(=O)C1CCCC1)C1CCN(C(=O)c2ccco2)CC1. The summed E-state index contributed by atoms with van der Waals surface area (Å²) in [4.78, 5) is 39.7. The number of hydrogen-bond acceptors (Lipinski definition) is 5. The Hall–Kier alpha value is -2.35. The van der Waals surface area contributed by atoms with Gasteiger partial charge in [0.05, 0.1) is 12.9 Å². The predicted octanol–water partition coefficient (Wildman–Crippen LogP) is 1.57. The van der Waals surface area contributed by atoms with Gasteiger partial charge in [-0.2, -0.15) is 0 Å². The number of rotatable bonds is 8.